The Morgan fingerprint density at radius 1 is 1.32 bits per heavy atom. The van der Waals surface area contributed by atoms with Crippen LogP contribution < -0.4 is 10.1 Å². The summed E-state index contributed by atoms with van der Waals surface area (Å²) in [6.45, 7) is 3.81. The molecule has 2 aliphatic rings. The molecule has 0 aromatic heterocycles. The zero-order valence-electron chi connectivity index (χ0n) is 14.0. The Kier molecular flexibility index (Phi) is 4.64. The third kappa shape index (κ3) is 3.30. The van der Waals surface area contributed by atoms with Gasteiger partial charge in [-0.15, -0.1) is 11.8 Å². The molecule has 3 rings (SSSR count). The summed E-state index contributed by atoms with van der Waals surface area (Å²) in [4.78, 5) is 37.1. The molecule has 0 saturated carbocycles. The maximum Gasteiger partial charge on any atom is 0.327 e. The van der Waals surface area contributed by atoms with Crippen molar-refractivity contribution in [2.24, 2.45) is 0 Å². The molecular weight excluding hydrogens is 344 g/mol. The molecule has 2 heterocycles. The minimum absolute atomic E-state index is 0.127. The lowest BCUT2D eigenvalue weighted by Gasteiger charge is -2.43. The van der Waals surface area contributed by atoms with Crippen LogP contribution in [0.5, 0.6) is 5.75 Å². The molecule has 0 spiro atoms. The van der Waals surface area contributed by atoms with Crippen LogP contribution in [0.4, 0.5) is 0 Å². The summed E-state index contributed by atoms with van der Waals surface area (Å²) < 4.78 is 4.87. The Morgan fingerprint density at radius 3 is 2.64 bits per heavy atom. The Balaban J connectivity index is 1.52. The van der Waals surface area contributed by atoms with Crippen molar-refractivity contribution >= 4 is 29.5 Å². The third-order valence-electron chi connectivity index (χ3n) is 4.33. The maximum absolute atomic E-state index is 12.3. The van der Waals surface area contributed by atoms with Gasteiger partial charge >= 0.3 is 5.97 Å². The number of hydrogen-bond donors (Lipinski definition) is 2. The quantitative estimate of drug-likeness (QED) is 0.734. The number of benzene rings is 1. The van der Waals surface area contributed by atoms with Gasteiger partial charge in [0.1, 0.15) is 23.2 Å². The first-order chi connectivity index (χ1) is 11.8. The van der Waals surface area contributed by atoms with E-state index in [1.807, 2.05) is 18.2 Å². The van der Waals surface area contributed by atoms with E-state index in [-0.39, 0.29) is 30.2 Å². The Labute approximate surface area is 149 Å². The van der Waals surface area contributed by atoms with Gasteiger partial charge < -0.3 is 20.1 Å². The molecule has 2 N–H and O–H groups in total. The lowest BCUT2D eigenvalue weighted by atomic mass is 9.96. The number of para-hydroxylation sites is 1. The summed E-state index contributed by atoms with van der Waals surface area (Å²) in [6.07, 6.45) is 0.127. The number of fused-ring (bicyclic) bond motifs is 1. The highest BCUT2D eigenvalue weighted by atomic mass is 32.2. The van der Waals surface area contributed by atoms with Crippen LogP contribution in [0.1, 0.15) is 20.3 Å². The number of amides is 2. The van der Waals surface area contributed by atoms with Gasteiger partial charge in [-0.05, 0) is 26.0 Å². The first-order valence-electron chi connectivity index (χ1n) is 8.01. The number of thioether (sulfide) groups is 1. The van der Waals surface area contributed by atoms with Crippen molar-refractivity contribution in [3.05, 3.63) is 30.3 Å². The summed E-state index contributed by atoms with van der Waals surface area (Å²) >= 11 is 1.41. The Morgan fingerprint density at radius 2 is 2.00 bits per heavy atom. The van der Waals surface area contributed by atoms with Gasteiger partial charge in [0.15, 0.2) is 0 Å². The summed E-state index contributed by atoms with van der Waals surface area (Å²) in [5.41, 5.74) is 0. The molecule has 2 fully saturated rings. The number of carbonyl (C=O) groups is 3. The van der Waals surface area contributed by atoms with Crippen LogP contribution in [0.3, 0.4) is 0 Å². The molecule has 2 aliphatic heterocycles. The van der Waals surface area contributed by atoms with Crippen LogP contribution in [0.15, 0.2) is 30.3 Å². The van der Waals surface area contributed by atoms with Crippen molar-refractivity contribution in [3.63, 3.8) is 0 Å². The van der Waals surface area contributed by atoms with Gasteiger partial charge in [-0.25, -0.2) is 4.79 Å². The first-order valence-corrected chi connectivity index (χ1v) is 8.89. The molecule has 3 atom stereocenters. The number of β-lactam (4-membered cyclic amide) rings is 1. The van der Waals surface area contributed by atoms with Crippen molar-refractivity contribution in [1.29, 1.82) is 0 Å². The molecule has 2 amide bonds. The number of carboxylic acid groups (broad SMARTS) is 1. The van der Waals surface area contributed by atoms with Gasteiger partial charge in [-0.1, -0.05) is 18.2 Å². The molecule has 1 aromatic rings. The summed E-state index contributed by atoms with van der Waals surface area (Å²) in [6, 6.07) is 7.62. The number of nitrogens with one attached hydrogen (secondary N) is 1. The normalized spacial score (nSPS) is 26.6. The molecule has 1 aromatic carbocycles. The first kappa shape index (κ1) is 17.6. The van der Waals surface area contributed by atoms with Crippen molar-refractivity contribution < 1.29 is 24.2 Å². The second kappa shape index (κ2) is 6.59. The molecular formula is C17H20N2O5S. The number of hydrogen-bond acceptors (Lipinski definition) is 5. The van der Waals surface area contributed by atoms with E-state index >= 15 is 0 Å². The fourth-order valence-corrected chi connectivity index (χ4v) is 4.79. The molecule has 7 nitrogen and oxygen atoms in total. The van der Waals surface area contributed by atoms with Gasteiger partial charge in [-0.2, -0.15) is 0 Å². The molecule has 3 unspecified atom stereocenters. The zero-order valence-corrected chi connectivity index (χ0v) is 14.8. The molecule has 25 heavy (non-hydrogen) atoms. The summed E-state index contributed by atoms with van der Waals surface area (Å²) in [5, 5.41) is 11.7. The topological polar surface area (TPSA) is 95.9 Å². The van der Waals surface area contributed by atoms with Gasteiger partial charge in [0, 0.05) is 4.75 Å². The third-order valence-corrected chi connectivity index (χ3v) is 5.90. The van der Waals surface area contributed by atoms with Crippen molar-refractivity contribution in [1.82, 2.24) is 10.2 Å². The van der Waals surface area contributed by atoms with Crippen molar-refractivity contribution in [3.8, 4) is 5.75 Å². The highest BCUT2D eigenvalue weighted by Gasteiger charge is 2.64. The number of aliphatic carboxylic acids is 1. The fourth-order valence-electron chi connectivity index (χ4n) is 3.17. The minimum atomic E-state index is -1.02. The van der Waals surface area contributed by atoms with Gasteiger partial charge in [-0.3, -0.25) is 9.59 Å². The lowest BCUT2D eigenvalue weighted by Crippen LogP contribution is -2.70. The highest BCUT2D eigenvalue weighted by molar-refractivity contribution is 8.01. The van der Waals surface area contributed by atoms with Crippen LogP contribution in [0.25, 0.3) is 0 Å². The Bertz CT molecular complexity index is 694. The molecule has 0 bridgehead atoms. The van der Waals surface area contributed by atoms with E-state index in [9.17, 15) is 19.5 Å². The van der Waals surface area contributed by atoms with Crippen LogP contribution in [0, 0.1) is 0 Å². The second-order valence-corrected chi connectivity index (χ2v) is 8.33. The number of rotatable bonds is 6. The van der Waals surface area contributed by atoms with E-state index in [1.54, 1.807) is 26.0 Å². The lowest BCUT2D eigenvalue weighted by molar-refractivity contribution is -0.161. The van der Waals surface area contributed by atoms with E-state index in [0.29, 0.717) is 5.75 Å². The van der Waals surface area contributed by atoms with Crippen LogP contribution in [-0.2, 0) is 14.4 Å². The minimum Gasteiger partial charge on any atom is -0.493 e. The van der Waals surface area contributed by atoms with Crippen LogP contribution in [-0.4, -0.2) is 56.6 Å². The fraction of sp³-hybridized carbons (Fsp3) is 0.471. The number of ether oxygens (including phenoxy) is 1. The molecule has 0 radical (unpaired) electrons. The van der Waals surface area contributed by atoms with E-state index in [0.717, 1.165) is 0 Å². The van der Waals surface area contributed by atoms with Crippen LogP contribution >= 0.6 is 11.8 Å². The standard InChI is InChI=1S/C17H20N2O5S/c1-17(2)13(16(22)23)19-14(21)12(15(19)25-17)18-11(20)8-9-24-10-6-4-3-5-7-10/h3-7,12-13,15H,8-9H2,1-2H3,(H,18,20)(H,22,23). The molecule has 2 saturated heterocycles. The molecule has 0 aliphatic carbocycles. The monoisotopic (exact) mass is 364 g/mol. The Hall–Kier alpha value is -2.22. The SMILES string of the molecule is CC1(C)SC2C(NC(=O)CCOc3ccccc3)C(=O)N2C1C(=O)O. The molecule has 8 heteroatoms. The molecule has 134 valence electrons. The van der Waals surface area contributed by atoms with Gasteiger partial charge in [0.2, 0.25) is 11.8 Å². The summed E-state index contributed by atoms with van der Waals surface area (Å²) in [7, 11) is 0. The van der Waals surface area contributed by atoms with Crippen molar-refractivity contribution in [2.45, 2.75) is 42.5 Å². The number of carbonyl (C=O) groups excluding carboxylic acids is 2. The van der Waals surface area contributed by atoms with E-state index in [4.69, 9.17) is 4.74 Å². The second-order valence-electron chi connectivity index (χ2n) is 6.55. The van der Waals surface area contributed by atoms with E-state index in [1.165, 1.54) is 16.7 Å². The zero-order chi connectivity index (χ0) is 18.2. The predicted octanol–water partition coefficient (Wildman–Crippen LogP) is 1.09. The average molecular weight is 364 g/mol. The van der Waals surface area contributed by atoms with E-state index < -0.39 is 22.8 Å². The van der Waals surface area contributed by atoms with Gasteiger partial charge in [0.25, 0.3) is 0 Å². The smallest absolute Gasteiger partial charge is 0.327 e. The van der Waals surface area contributed by atoms with Crippen LogP contribution in [0.2, 0.25) is 0 Å². The van der Waals surface area contributed by atoms with E-state index in [2.05, 4.69) is 5.32 Å². The number of nitrogens with zero attached hydrogens (tertiary/aromatic N) is 1. The summed E-state index contributed by atoms with van der Waals surface area (Å²) in [5.74, 6) is -0.966. The highest BCUT2D eigenvalue weighted by Crippen LogP contribution is 2.50. The largest absolute Gasteiger partial charge is 0.493 e. The van der Waals surface area contributed by atoms with Crippen molar-refractivity contribution in [2.75, 3.05) is 6.61 Å². The number of carboxylic acids is 1. The maximum atomic E-state index is 12.3. The van der Waals surface area contributed by atoms with Gasteiger partial charge in [0.05, 0.1) is 13.0 Å². The predicted molar refractivity (Wildman–Crippen MR) is 92.2 cm³/mol. The average Bonchev–Trinajstić information content (AvgIpc) is 2.82.